The van der Waals surface area contributed by atoms with Gasteiger partial charge in [0.2, 0.25) is 0 Å². The molecular formula is C19H17Cl2F4N3O2. The van der Waals surface area contributed by atoms with Crippen molar-refractivity contribution < 1.29 is 27.5 Å². The van der Waals surface area contributed by atoms with Crippen LogP contribution in [0.4, 0.5) is 17.6 Å². The van der Waals surface area contributed by atoms with Crippen molar-refractivity contribution >= 4 is 29.1 Å². The van der Waals surface area contributed by atoms with Gasteiger partial charge in [-0.2, -0.15) is 13.2 Å². The number of hydrogen-bond acceptors (Lipinski definition) is 4. The normalized spacial score (nSPS) is 23.1. The molecule has 0 aliphatic heterocycles. The highest BCUT2D eigenvalue weighted by Crippen LogP contribution is 2.41. The summed E-state index contributed by atoms with van der Waals surface area (Å²) in [6.45, 7) is 0. The second kappa shape index (κ2) is 8.64. The summed E-state index contributed by atoms with van der Waals surface area (Å²) in [5.41, 5.74) is -3.18. The quantitative estimate of drug-likeness (QED) is 0.496. The van der Waals surface area contributed by atoms with Gasteiger partial charge in [-0.15, -0.1) is 0 Å². The minimum absolute atomic E-state index is 0.00426. The standard InChI is InChI=1S/C19H17Cl2F4N3O2/c20-13-11(5-9-26-15(13)19(23,24)25)17(29)28-14(12-2-1-8-27-16(12)21)18(30)6-3-10(22)4-7-18/h1-2,5,8-10,14,30H,3-4,6-7H2,(H,28,29)/t10-,14?,18+. The van der Waals surface area contributed by atoms with Crippen molar-refractivity contribution in [1.29, 1.82) is 0 Å². The minimum atomic E-state index is -4.85. The fourth-order valence-electron chi connectivity index (χ4n) is 3.51. The maximum atomic E-state index is 13.6. The Bertz CT molecular complexity index is 934. The Morgan fingerprint density at radius 1 is 1.20 bits per heavy atom. The number of hydrogen-bond donors (Lipinski definition) is 2. The Hall–Kier alpha value is -1.97. The number of rotatable bonds is 4. The molecule has 1 saturated carbocycles. The van der Waals surface area contributed by atoms with E-state index in [-0.39, 0.29) is 36.4 Å². The smallest absolute Gasteiger partial charge is 0.387 e. The second-order valence-electron chi connectivity index (χ2n) is 7.09. The van der Waals surface area contributed by atoms with Crippen molar-refractivity contribution in [2.24, 2.45) is 0 Å². The van der Waals surface area contributed by atoms with Gasteiger partial charge in [-0.05, 0) is 37.8 Å². The SMILES string of the molecule is O=C(NC(c1cccnc1Cl)[C@]1(O)CC[C@@H](F)CC1)c1ccnc(C(F)(F)F)c1Cl. The third kappa shape index (κ3) is 4.68. The van der Waals surface area contributed by atoms with Crippen molar-refractivity contribution in [1.82, 2.24) is 15.3 Å². The van der Waals surface area contributed by atoms with Crippen LogP contribution in [0.5, 0.6) is 0 Å². The van der Waals surface area contributed by atoms with Crippen LogP contribution in [0.2, 0.25) is 10.2 Å². The molecule has 0 spiro atoms. The van der Waals surface area contributed by atoms with Crippen LogP contribution in [0.1, 0.15) is 53.3 Å². The minimum Gasteiger partial charge on any atom is -0.387 e. The number of carbonyl (C=O) groups is 1. The van der Waals surface area contributed by atoms with Crippen molar-refractivity contribution in [3.05, 3.63) is 57.6 Å². The van der Waals surface area contributed by atoms with Crippen LogP contribution in [0.25, 0.3) is 0 Å². The van der Waals surface area contributed by atoms with Gasteiger partial charge in [-0.1, -0.05) is 29.3 Å². The lowest BCUT2D eigenvalue weighted by Crippen LogP contribution is -2.48. The lowest BCUT2D eigenvalue weighted by Gasteiger charge is -2.40. The lowest BCUT2D eigenvalue weighted by molar-refractivity contribution is -0.141. The molecule has 1 amide bonds. The van der Waals surface area contributed by atoms with Gasteiger partial charge in [0.05, 0.1) is 22.2 Å². The number of aromatic nitrogens is 2. The molecule has 30 heavy (non-hydrogen) atoms. The predicted molar refractivity (Wildman–Crippen MR) is 102 cm³/mol. The molecule has 0 bridgehead atoms. The number of carbonyl (C=O) groups excluding carboxylic acids is 1. The molecule has 1 aliphatic carbocycles. The fourth-order valence-corrected chi connectivity index (χ4v) is 4.05. The van der Waals surface area contributed by atoms with E-state index in [1.54, 1.807) is 0 Å². The summed E-state index contributed by atoms with van der Waals surface area (Å²) >= 11 is 11.9. The van der Waals surface area contributed by atoms with Crippen molar-refractivity contribution in [2.45, 2.75) is 49.7 Å². The third-order valence-electron chi connectivity index (χ3n) is 5.10. The monoisotopic (exact) mass is 465 g/mol. The number of nitrogens with one attached hydrogen (secondary N) is 1. The molecule has 0 saturated heterocycles. The van der Waals surface area contributed by atoms with E-state index in [1.807, 2.05) is 0 Å². The molecule has 0 radical (unpaired) electrons. The second-order valence-corrected chi connectivity index (χ2v) is 7.82. The first kappa shape index (κ1) is 22.7. The van der Waals surface area contributed by atoms with Crippen LogP contribution in [-0.4, -0.2) is 32.8 Å². The number of pyridine rings is 2. The Labute approximate surface area is 179 Å². The van der Waals surface area contributed by atoms with Gasteiger partial charge in [0.15, 0.2) is 5.69 Å². The molecule has 1 atom stereocenters. The van der Waals surface area contributed by atoms with E-state index in [0.29, 0.717) is 0 Å². The Morgan fingerprint density at radius 3 is 2.47 bits per heavy atom. The molecule has 2 aromatic rings. The average molecular weight is 466 g/mol. The van der Waals surface area contributed by atoms with Gasteiger partial charge in [0, 0.05) is 18.0 Å². The predicted octanol–water partition coefficient (Wildman–Crippen LogP) is 4.92. The van der Waals surface area contributed by atoms with E-state index >= 15 is 0 Å². The molecule has 0 aromatic carbocycles. The van der Waals surface area contributed by atoms with E-state index in [4.69, 9.17) is 23.2 Å². The molecule has 1 aliphatic rings. The van der Waals surface area contributed by atoms with Crippen LogP contribution in [0.3, 0.4) is 0 Å². The van der Waals surface area contributed by atoms with Crippen molar-refractivity contribution in [3.8, 4) is 0 Å². The van der Waals surface area contributed by atoms with E-state index in [1.165, 1.54) is 18.3 Å². The largest absolute Gasteiger partial charge is 0.434 e. The van der Waals surface area contributed by atoms with Gasteiger partial charge < -0.3 is 10.4 Å². The van der Waals surface area contributed by atoms with Crippen molar-refractivity contribution in [2.75, 3.05) is 0 Å². The molecule has 162 valence electrons. The average Bonchev–Trinajstić information content (AvgIpc) is 2.68. The van der Waals surface area contributed by atoms with Crippen LogP contribution in [0, 0.1) is 0 Å². The summed E-state index contributed by atoms with van der Waals surface area (Å²) in [6.07, 6.45) is -3.55. The zero-order chi connectivity index (χ0) is 22.1. The number of amides is 1. The molecule has 11 heteroatoms. The van der Waals surface area contributed by atoms with Gasteiger partial charge in [-0.25, -0.2) is 9.37 Å². The lowest BCUT2D eigenvalue weighted by atomic mass is 9.76. The summed E-state index contributed by atoms with van der Waals surface area (Å²) in [4.78, 5) is 20.0. The van der Waals surface area contributed by atoms with Gasteiger partial charge in [0.25, 0.3) is 5.91 Å². The maximum Gasteiger partial charge on any atom is 0.434 e. The highest BCUT2D eigenvalue weighted by molar-refractivity contribution is 6.34. The Balaban J connectivity index is 1.98. The van der Waals surface area contributed by atoms with Crippen LogP contribution in [0.15, 0.2) is 30.6 Å². The van der Waals surface area contributed by atoms with Crippen molar-refractivity contribution in [3.63, 3.8) is 0 Å². The first-order valence-electron chi connectivity index (χ1n) is 9.02. The van der Waals surface area contributed by atoms with Gasteiger partial charge in [0.1, 0.15) is 11.3 Å². The first-order chi connectivity index (χ1) is 14.0. The molecule has 5 nitrogen and oxygen atoms in total. The molecule has 2 heterocycles. The topological polar surface area (TPSA) is 75.1 Å². The molecule has 2 N–H and O–H groups in total. The zero-order valence-electron chi connectivity index (χ0n) is 15.4. The molecule has 3 rings (SSSR count). The van der Waals surface area contributed by atoms with Crippen LogP contribution in [-0.2, 0) is 6.18 Å². The Kier molecular flexibility index (Phi) is 6.54. The van der Waals surface area contributed by atoms with E-state index < -0.39 is 46.2 Å². The molecule has 2 aromatic heterocycles. The zero-order valence-corrected chi connectivity index (χ0v) is 16.9. The number of aliphatic hydroxyl groups is 1. The summed E-state index contributed by atoms with van der Waals surface area (Å²) < 4.78 is 52.9. The molecule has 1 unspecified atom stereocenters. The van der Waals surface area contributed by atoms with Crippen LogP contribution >= 0.6 is 23.2 Å². The summed E-state index contributed by atoms with van der Waals surface area (Å²) in [7, 11) is 0. The maximum absolute atomic E-state index is 13.6. The first-order valence-corrected chi connectivity index (χ1v) is 9.78. The third-order valence-corrected chi connectivity index (χ3v) is 5.79. The Morgan fingerprint density at radius 2 is 1.87 bits per heavy atom. The fraction of sp³-hybridized carbons (Fsp3) is 0.421. The van der Waals surface area contributed by atoms with Crippen LogP contribution < -0.4 is 5.32 Å². The van der Waals surface area contributed by atoms with Gasteiger partial charge in [-0.3, -0.25) is 9.78 Å². The number of nitrogens with zero attached hydrogens (tertiary/aromatic N) is 2. The highest BCUT2D eigenvalue weighted by Gasteiger charge is 2.44. The van der Waals surface area contributed by atoms with E-state index in [9.17, 15) is 27.5 Å². The summed E-state index contributed by atoms with van der Waals surface area (Å²) in [6, 6.07) is 2.95. The molecular weight excluding hydrogens is 449 g/mol. The highest BCUT2D eigenvalue weighted by atomic mass is 35.5. The van der Waals surface area contributed by atoms with E-state index in [0.717, 1.165) is 12.3 Å². The summed E-state index contributed by atoms with van der Waals surface area (Å²) in [5, 5.41) is 12.8. The van der Waals surface area contributed by atoms with Gasteiger partial charge >= 0.3 is 6.18 Å². The number of halogens is 6. The number of alkyl halides is 4. The van der Waals surface area contributed by atoms with E-state index in [2.05, 4.69) is 15.3 Å². The molecule has 1 fully saturated rings. The summed E-state index contributed by atoms with van der Waals surface area (Å²) in [5.74, 6) is -0.964.